The second-order valence-electron chi connectivity index (χ2n) is 6.48. The van der Waals surface area contributed by atoms with Crippen LogP contribution < -0.4 is 4.87 Å². The topological polar surface area (TPSA) is 36.1 Å². The summed E-state index contributed by atoms with van der Waals surface area (Å²) in [5.74, 6) is 0. The first-order valence-corrected chi connectivity index (χ1v) is 8.91. The summed E-state index contributed by atoms with van der Waals surface area (Å²) < 4.78 is 0. The van der Waals surface area contributed by atoms with Crippen LogP contribution in [-0.2, 0) is 6.54 Å². The third-order valence-electron chi connectivity index (χ3n) is 4.76. The average molecular weight is 316 g/mol. The van der Waals surface area contributed by atoms with Crippen LogP contribution in [0.1, 0.15) is 43.6 Å². The highest BCUT2D eigenvalue weighted by Crippen LogP contribution is 2.29. The molecule has 1 N–H and O–H groups in total. The van der Waals surface area contributed by atoms with Crippen molar-refractivity contribution in [1.82, 2.24) is 9.88 Å². The summed E-state index contributed by atoms with van der Waals surface area (Å²) in [5, 5.41) is 0. The van der Waals surface area contributed by atoms with E-state index in [2.05, 4.69) is 54.9 Å². The largest absolute Gasteiger partial charge is 0.312 e. The molecule has 1 saturated heterocycles. The molecule has 1 fully saturated rings. The number of hydrogen-bond acceptors (Lipinski definition) is 3. The Bertz CT molecular complexity index is 676. The lowest BCUT2D eigenvalue weighted by atomic mass is 9.97. The Morgan fingerprint density at radius 2 is 1.82 bits per heavy atom. The van der Waals surface area contributed by atoms with Gasteiger partial charge in [0.05, 0.1) is 5.69 Å². The highest BCUT2D eigenvalue weighted by molar-refractivity contribution is 7.09. The lowest BCUT2D eigenvalue weighted by molar-refractivity contribution is 0.0965. The number of hydrogen-bond donors (Lipinski definition) is 1. The molecule has 1 aliphatic rings. The molecule has 22 heavy (non-hydrogen) atoms. The van der Waals surface area contributed by atoms with Gasteiger partial charge in [-0.2, -0.15) is 0 Å². The van der Waals surface area contributed by atoms with Gasteiger partial charge in [-0.25, -0.2) is 0 Å². The lowest BCUT2D eigenvalue weighted by Gasteiger charge is -2.38. The molecule has 0 bridgehead atoms. The van der Waals surface area contributed by atoms with E-state index in [4.69, 9.17) is 0 Å². The van der Waals surface area contributed by atoms with Crippen molar-refractivity contribution in [2.45, 2.75) is 58.7 Å². The lowest BCUT2D eigenvalue weighted by Crippen LogP contribution is -2.42. The molecule has 1 aliphatic heterocycles. The van der Waals surface area contributed by atoms with E-state index in [9.17, 15) is 4.79 Å². The number of piperidine rings is 1. The monoisotopic (exact) mass is 316 g/mol. The van der Waals surface area contributed by atoms with Crippen molar-refractivity contribution in [2.24, 2.45) is 0 Å². The molecule has 2 unspecified atom stereocenters. The van der Waals surface area contributed by atoms with Crippen molar-refractivity contribution in [2.75, 3.05) is 0 Å². The van der Waals surface area contributed by atoms with E-state index in [1.54, 1.807) is 0 Å². The van der Waals surface area contributed by atoms with Gasteiger partial charge < -0.3 is 4.98 Å². The van der Waals surface area contributed by atoms with Crippen LogP contribution in [0.2, 0.25) is 0 Å². The Hall–Kier alpha value is -1.39. The van der Waals surface area contributed by atoms with Crippen molar-refractivity contribution < 1.29 is 0 Å². The Morgan fingerprint density at radius 1 is 1.18 bits per heavy atom. The van der Waals surface area contributed by atoms with Gasteiger partial charge in [-0.15, -0.1) is 0 Å². The Morgan fingerprint density at radius 3 is 2.45 bits per heavy atom. The number of aromatic amines is 1. The molecule has 3 nitrogen and oxygen atoms in total. The van der Waals surface area contributed by atoms with E-state index in [1.165, 1.54) is 36.2 Å². The van der Waals surface area contributed by atoms with Crippen LogP contribution in [0, 0.1) is 6.92 Å². The fourth-order valence-electron chi connectivity index (χ4n) is 3.38. The third kappa shape index (κ3) is 3.18. The maximum Gasteiger partial charge on any atom is 0.305 e. The summed E-state index contributed by atoms with van der Waals surface area (Å²) in [7, 11) is 0. The number of nitrogens with one attached hydrogen (secondary N) is 1. The zero-order valence-electron chi connectivity index (χ0n) is 13.6. The molecule has 0 amide bonds. The van der Waals surface area contributed by atoms with Gasteiger partial charge in [0, 0.05) is 23.5 Å². The first-order chi connectivity index (χ1) is 10.5. The van der Waals surface area contributed by atoms with Gasteiger partial charge in [-0.3, -0.25) is 9.69 Å². The first kappa shape index (κ1) is 15.5. The highest BCUT2D eigenvalue weighted by atomic mass is 32.1. The van der Waals surface area contributed by atoms with Crippen LogP contribution in [0.25, 0.3) is 11.3 Å². The van der Waals surface area contributed by atoms with Crippen molar-refractivity contribution in [3.8, 4) is 11.3 Å². The Kier molecular flexibility index (Phi) is 4.50. The number of aromatic nitrogens is 1. The molecule has 1 aromatic heterocycles. The van der Waals surface area contributed by atoms with Crippen molar-refractivity contribution in [1.29, 1.82) is 0 Å². The summed E-state index contributed by atoms with van der Waals surface area (Å²) in [4.78, 5) is 18.7. The van der Waals surface area contributed by atoms with E-state index in [1.807, 2.05) is 0 Å². The molecule has 0 saturated carbocycles. The summed E-state index contributed by atoms with van der Waals surface area (Å²) in [6.45, 7) is 7.56. The van der Waals surface area contributed by atoms with Gasteiger partial charge in [0.25, 0.3) is 0 Å². The average Bonchev–Trinajstić information content (AvgIpc) is 2.85. The molecule has 0 aliphatic carbocycles. The van der Waals surface area contributed by atoms with Gasteiger partial charge in [0.15, 0.2) is 0 Å². The zero-order chi connectivity index (χ0) is 15.7. The third-order valence-corrected chi connectivity index (χ3v) is 5.63. The van der Waals surface area contributed by atoms with E-state index in [-0.39, 0.29) is 4.87 Å². The molecule has 2 atom stereocenters. The molecular weight excluding hydrogens is 292 g/mol. The van der Waals surface area contributed by atoms with Crippen LogP contribution in [0.5, 0.6) is 0 Å². The maximum atomic E-state index is 11.9. The predicted molar refractivity (Wildman–Crippen MR) is 93.4 cm³/mol. The van der Waals surface area contributed by atoms with Gasteiger partial charge in [0.1, 0.15) is 0 Å². The molecule has 4 heteroatoms. The van der Waals surface area contributed by atoms with Crippen LogP contribution >= 0.6 is 11.3 Å². The fourth-order valence-corrected chi connectivity index (χ4v) is 4.24. The SMILES string of the molecule is Cc1ccc(-c2[nH]c(=O)sc2CN2C(C)CCCC2C)cc1. The van der Waals surface area contributed by atoms with E-state index >= 15 is 0 Å². The standard InChI is InChI=1S/C18H24N2OS/c1-12-7-9-15(10-8-12)17-16(22-18(21)19-17)11-20-13(2)5-4-6-14(20)3/h7-10,13-14H,4-6,11H2,1-3H3,(H,19,21). The zero-order valence-corrected chi connectivity index (χ0v) is 14.4. The summed E-state index contributed by atoms with van der Waals surface area (Å²) >= 11 is 1.36. The quantitative estimate of drug-likeness (QED) is 0.922. The number of thiazole rings is 1. The molecule has 1 aromatic carbocycles. The molecule has 3 rings (SSSR count). The van der Waals surface area contributed by atoms with Crippen LogP contribution in [0.3, 0.4) is 0 Å². The number of nitrogens with zero attached hydrogens (tertiary/aromatic N) is 1. The minimum atomic E-state index is 0.0443. The number of rotatable bonds is 3. The molecule has 0 radical (unpaired) electrons. The number of benzene rings is 1. The maximum absolute atomic E-state index is 11.9. The summed E-state index contributed by atoms with van der Waals surface area (Å²) in [6, 6.07) is 9.57. The van der Waals surface area contributed by atoms with Gasteiger partial charge >= 0.3 is 4.87 Å². The predicted octanol–water partition coefficient (Wildman–Crippen LogP) is 4.17. The molecule has 118 valence electrons. The van der Waals surface area contributed by atoms with Gasteiger partial charge in [-0.05, 0) is 39.2 Å². The minimum absolute atomic E-state index is 0.0443. The summed E-state index contributed by atoms with van der Waals surface area (Å²) in [5.41, 5.74) is 3.34. The van der Waals surface area contributed by atoms with E-state index in [0.29, 0.717) is 12.1 Å². The molecular formula is C18H24N2OS. The van der Waals surface area contributed by atoms with E-state index < -0.39 is 0 Å². The number of aryl methyl sites for hydroxylation is 1. The second-order valence-corrected chi connectivity index (χ2v) is 7.55. The van der Waals surface area contributed by atoms with Crippen molar-refractivity contribution >= 4 is 11.3 Å². The highest BCUT2D eigenvalue weighted by Gasteiger charge is 2.26. The number of likely N-dealkylation sites (tertiary alicyclic amines) is 1. The molecule has 2 aromatic rings. The van der Waals surface area contributed by atoms with Crippen molar-refractivity contribution in [3.05, 3.63) is 44.4 Å². The van der Waals surface area contributed by atoms with Crippen LogP contribution in [0.4, 0.5) is 0 Å². The van der Waals surface area contributed by atoms with Gasteiger partial charge in [0.2, 0.25) is 0 Å². The second kappa shape index (κ2) is 6.39. The van der Waals surface area contributed by atoms with Crippen LogP contribution in [-0.4, -0.2) is 22.0 Å². The van der Waals surface area contributed by atoms with Gasteiger partial charge in [-0.1, -0.05) is 47.6 Å². The Labute approximate surface area is 136 Å². The Balaban J connectivity index is 1.91. The van der Waals surface area contributed by atoms with Crippen molar-refractivity contribution in [3.63, 3.8) is 0 Å². The first-order valence-electron chi connectivity index (χ1n) is 8.09. The number of H-pyrrole nitrogens is 1. The minimum Gasteiger partial charge on any atom is -0.312 e. The normalized spacial score (nSPS) is 22.9. The van der Waals surface area contributed by atoms with Crippen LogP contribution in [0.15, 0.2) is 29.1 Å². The van der Waals surface area contributed by atoms with E-state index in [0.717, 1.165) is 22.7 Å². The molecule has 2 heterocycles. The summed E-state index contributed by atoms with van der Waals surface area (Å²) in [6.07, 6.45) is 3.82. The smallest absolute Gasteiger partial charge is 0.305 e. The molecule has 0 spiro atoms. The fraction of sp³-hybridized carbons (Fsp3) is 0.500.